The first-order chi connectivity index (χ1) is 17.8. The fourth-order valence-corrected chi connectivity index (χ4v) is 5.13. The molecule has 0 spiro atoms. The number of carbonyl (C=O) groups excluding carboxylic acids is 1. The maximum atomic E-state index is 12.6. The van der Waals surface area contributed by atoms with Gasteiger partial charge in [-0.2, -0.15) is 15.1 Å². The Balaban J connectivity index is 1.43. The Labute approximate surface area is 229 Å². The zero-order valence-electron chi connectivity index (χ0n) is 21.2. The van der Waals surface area contributed by atoms with E-state index in [-0.39, 0.29) is 11.4 Å². The summed E-state index contributed by atoms with van der Waals surface area (Å²) in [5.41, 5.74) is 2.11. The van der Waals surface area contributed by atoms with Gasteiger partial charge in [0.25, 0.3) is 5.91 Å². The Morgan fingerprint density at radius 3 is 2.57 bits per heavy atom. The van der Waals surface area contributed by atoms with Crippen LogP contribution in [0.1, 0.15) is 50.7 Å². The summed E-state index contributed by atoms with van der Waals surface area (Å²) in [5, 5.41) is 15.5. The van der Waals surface area contributed by atoms with Gasteiger partial charge in [0, 0.05) is 0 Å². The van der Waals surface area contributed by atoms with Crippen LogP contribution in [0.15, 0.2) is 56.5 Å². The van der Waals surface area contributed by atoms with Crippen LogP contribution < -0.4 is 14.2 Å². The maximum absolute atomic E-state index is 12.6. The summed E-state index contributed by atoms with van der Waals surface area (Å²) < 4.78 is 18.0. The molecule has 194 valence electrons. The molecule has 37 heavy (non-hydrogen) atoms. The second-order valence-corrected chi connectivity index (χ2v) is 10.4. The number of thioether (sulfide) groups is 1. The van der Waals surface area contributed by atoms with E-state index in [1.807, 2.05) is 19.1 Å². The number of rotatable bonds is 10. The van der Waals surface area contributed by atoms with Gasteiger partial charge in [-0.15, -0.1) is 0 Å². The van der Waals surface area contributed by atoms with E-state index in [4.69, 9.17) is 19.6 Å². The monoisotopic (exact) mass is 584 g/mol. The summed E-state index contributed by atoms with van der Waals surface area (Å²) in [7, 11) is 1.55. The standard InChI is InChI=1S/C27H29BrN4O4S/c1-5-16(3)18-7-9-19(10-8-18)35-11-12-36-24-21(28)14-17(15-22(24)34-4)13-20-25(29)32-27(30-26(20)33)37-23(6-2)31-32/h7-10,13-16,29H,5-6,11-12H2,1-4H3/b20-13-,29-25?. The molecule has 1 atom stereocenters. The van der Waals surface area contributed by atoms with Crippen molar-refractivity contribution in [2.24, 2.45) is 10.1 Å². The number of hydrazone groups is 1. The van der Waals surface area contributed by atoms with Crippen LogP contribution in [0.3, 0.4) is 0 Å². The normalized spacial score (nSPS) is 16.9. The third-order valence-corrected chi connectivity index (χ3v) is 7.66. The van der Waals surface area contributed by atoms with Crippen molar-refractivity contribution in [1.82, 2.24) is 5.01 Å². The molecule has 0 bridgehead atoms. The number of amidine groups is 2. The molecule has 10 heteroatoms. The summed E-state index contributed by atoms with van der Waals surface area (Å²) in [5.74, 6) is 1.85. The van der Waals surface area contributed by atoms with Crippen molar-refractivity contribution in [3.8, 4) is 17.2 Å². The Hall–Kier alpha value is -3.11. The summed E-state index contributed by atoms with van der Waals surface area (Å²) in [6.45, 7) is 7.03. The highest BCUT2D eigenvalue weighted by atomic mass is 79.9. The van der Waals surface area contributed by atoms with Crippen LogP contribution in [0.4, 0.5) is 0 Å². The van der Waals surface area contributed by atoms with Crippen molar-refractivity contribution in [3.63, 3.8) is 0 Å². The van der Waals surface area contributed by atoms with E-state index < -0.39 is 5.91 Å². The number of hydrogen-bond acceptors (Lipinski definition) is 7. The van der Waals surface area contributed by atoms with E-state index in [9.17, 15) is 4.79 Å². The average Bonchev–Trinajstić information content (AvgIpc) is 3.32. The fraction of sp³-hybridized carbons (Fsp3) is 0.333. The van der Waals surface area contributed by atoms with Crippen molar-refractivity contribution in [2.75, 3.05) is 20.3 Å². The lowest BCUT2D eigenvalue weighted by Crippen LogP contribution is -2.35. The molecule has 0 saturated carbocycles. The molecule has 2 aromatic rings. The number of nitrogens with one attached hydrogen (secondary N) is 1. The van der Waals surface area contributed by atoms with Crippen LogP contribution in [0, 0.1) is 5.41 Å². The third kappa shape index (κ3) is 6.07. The lowest BCUT2D eigenvalue weighted by atomic mass is 9.99. The number of hydrogen-bond donors (Lipinski definition) is 1. The largest absolute Gasteiger partial charge is 0.493 e. The molecule has 0 aromatic heterocycles. The van der Waals surface area contributed by atoms with Crippen molar-refractivity contribution in [2.45, 2.75) is 39.5 Å². The van der Waals surface area contributed by atoms with E-state index in [2.05, 4.69) is 52.0 Å². The number of methoxy groups -OCH3 is 1. The number of fused-ring (bicyclic) bond motifs is 1. The minimum absolute atomic E-state index is 0.00398. The maximum Gasteiger partial charge on any atom is 0.283 e. The minimum Gasteiger partial charge on any atom is -0.493 e. The zero-order valence-corrected chi connectivity index (χ0v) is 23.6. The van der Waals surface area contributed by atoms with Crippen molar-refractivity contribution >= 4 is 55.7 Å². The fourth-order valence-electron chi connectivity index (χ4n) is 3.74. The molecular weight excluding hydrogens is 556 g/mol. The molecule has 1 unspecified atom stereocenters. The van der Waals surface area contributed by atoms with Crippen molar-refractivity contribution < 1.29 is 19.0 Å². The van der Waals surface area contributed by atoms with E-state index in [0.29, 0.717) is 52.3 Å². The minimum atomic E-state index is -0.471. The average molecular weight is 586 g/mol. The number of benzene rings is 2. The van der Waals surface area contributed by atoms with Gasteiger partial charge in [-0.05, 0) is 87.9 Å². The number of ether oxygens (including phenoxy) is 3. The molecule has 8 nitrogen and oxygen atoms in total. The molecule has 2 aliphatic heterocycles. The number of amides is 1. The Bertz CT molecular complexity index is 1290. The highest BCUT2D eigenvalue weighted by Gasteiger charge is 2.35. The van der Waals surface area contributed by atoms with E-state index in [1.54, 1.807) is 25.3 Å². The first-order valence-electron chi connectivity index (χ1n) is 12.1. The highest BCUT2D eigenvalue weighted by molar-refractivity contribution is 9.10. The van der Waals surface area contributed by atoms with E-state index in [0.717, 1.165) is 17.2 Å². The predicted octanol–water partition coefficient (Wildman–Crippen LogP) is 6.46. The zero-order chi connectivity index (χ0) is 26.5. The van der Waals surface area contributed by atoms with Crippen LogP contribution >= 0.6 is 27.7 Å². The van der Waals surface area contributed by atoms with Gasteiger partial charge in [-0.3, -0.25) is 10.2 Å². The van der Waals surface area contributed by atoms with Gasteiger partial charge in [0.15, 0.2) is 17.3 Å². The Morgan fingerprint density at radius 2 is 1.89 bits per heavy atom. The summed E-state index contributed by atoms with van der Waals surface area (Å²) in [6.07, 6.45) is 3.42. The lowest BCUT2D eigenvalue weighted by Gasteiger charge is -2.20. The molecule has 2 aromatic carbocycles. The number of carbonyl (C=O) groups is 1. The van der Waals surface area contributed by atoms with Crippen molar-refractivity contribution in [3.05, 3.63) is 57.6 Å². The SMILES string of the molecule is CCC1=NN2C(=N)/C(=C/c3cc(Br)c(OCCOc4ccc(C(C)CC)cc4)c(OC)c3)C(=O)N=C2S1. The van der Waals surface area contributed by atoms with Crippen LogP contribution in [-0.4, -0.2) is 47.3 Å². The van der Waals surface area contributed by atoms with Crippen LogP contribution in [0.2, 0.25) is 0 Å². The second-order valence-electron chi connectivity index (χ2n) is 8.48. The number of nitrogens with zero attached hydrogens (tertiary/aromatic N) is 3. The summed E-state index contributed by atoms with van der Waals surface area (Å²) in [6, 6.07) is 11.7. The molecule has 4 rings (SSSR count). The smallest absolute Gasteiger partial charge is 0.283 e. The summed E-state index contributed by atoms with van der Waals surface area (Å²) >= 11 is 4.86. The van der Waals surface area contributed by atoms with Gasteiger partial charge >= 0.3 is 0 Å². The van der Waals surface area contributed by atoms with Gasteiger partial charge in [-0.25, -0.2) is 0 Å². The number of aliphatic imine (C=N–C) groups is 1. The highest BCUT2D eigenvalue weighted by Crippen LogP contribution is 2.38. The molecule has 2 heterocycles. The molecule has 1 amide bonds. The van der Waals surface area contributed by atoms with Crippen LogP contribution in [0.5, 0.6) is 17.2 Å². The van der Waals surface area contributed by atoms with Gasteiger partial charge in [0.05, 0.1) is 17.2 Å². The molecule has 0 fully saturated rings. The first kappa shape index (κ1) is 26.9. The summed E-state index contributed by atoms with van der Waals surface area (Å²) in [4.78, 5) is 16.7. The number of halogens is 1. The predicted molar refractivity (Wildman–Crippen MR) is 152 cm³/mol. The van der Waals surface area contributed by atoms with Crippen LogP contribution in [-0.2, 0) is 4.79 Å². The van der Waals surface area contributed by atoms with Gasteiger partial charge < -0.3 is 14.2 Å². The quantitative estimate of drug-likeness (QED) is 0.254. The Kier molecular flexibility index (Phi) is 8.71. The van der Waals surface area contributed by atoms with Gasteiger partial charge in [0.2, 0.25) is 5.17 Å². The van der Waals surface area contributed by atoms with Crippen LogP contribution in [0.25, 0.3) is 6.08 Å². The van der Waals surface area contributed by atoms with Crippen molar-refractivity contribution in [1.29, 1.82) is 5.41 Å². The lowest BCUT2D eigenvalue weighted by molar-refractivity contribution is -0.114. The van der Waals surface area contributed by atoms with Gasteiger partial charge in [0.1, 0.15) is 24.0 Å². The second kappa shape index (κ2) is 12.0. The topological polar surface area (TPSA) is 96.6 Å². The molecule has 1 N–H and O–H groups in total. The van der Waals surface area contributed by atoms with Gasteiger partial charge in [-0.1, -0.05) is 32.9 Å². The molecule has 0 aliphatic carbocycles. The van der Waals surface area contributed by atoms with E-state index in [1.165, 1.54) is 22.3 Å². The first-order valence-corrected chi connectivity index (χ1v) is 13.7. The Morgan fingerprint density at radius 1 is 1.16 bits per heavy atom. The molecule has 2 aliphatic rings. The molecule has 0 radical (unpaired) electrons. The molecular formula is C27H29BrN4O4S. The van der Waals surface area contributed by atoms with E-state index >= 15 is 0 Å². The third-order valence-electron chi connectivity index (χ3n) is 6.02. The molecule has 0 saturated heterocycles.